The van der Waals surface area contributed by atoms with E-state index in [0.717, 1.165) is 53.6 Å². The van der Waals surface area contributed by atoms with Gasteiger partial charge in [0.15, 0.2) is 0 Å². The van der Waals surface area contributed by atoms with Crippen LogP contribution in [0.2, 0.25) is 0 Å². The van der Waals surface area contributed by atoms with E-state index in [1.54, 1.807) is 0 Å². The molecule has 0 spiro atoms. The Morgan fingerprint density at radius 2 is 1.96 bits per heavy atom. The fourth-order valence-electron chi connectivity index (χ4n) is 3.67. The lowest BCUT2D eigenvalue weighted by Gasteiger charge is -2.20. The lowest BCUT2D eigenvalue weighted by atomic mass is 10.1. The summed E-state index contributed by atoms with van der Waals surface area (Å²) >= 11 is 0. The Balaban J connectivity index is 1.55. The van der Waals surface area contributed by atoms with E-state index in [2.05, 4.69) is 47.3 Å². The van der Waals surface area contributed by atoms with Gasteiger partial charge in [-0.05, 0) is 55.3 Å². The van der Waals surface area contributed by atoms with Crippen molar-refractivity contribution in [2.24, 2.45) is 0 Å². The molecule has 5 nitrogen and oxygen atoms in total. The molecule has 5 heteroatoms. The molecule has 0 amide bonds. The molecule has 0 atom stereocenters. The van der Waals surface area contributed by atoms with Gasteiger partial charge in [0, 0.05) is 30.9 Å². The molecule has 0 saturated heterocycles. The maximum atomic E-state index is 9.41. The van der Waals surface area contributed by atoms with Crippen LogP contribution in [-0.2, 0) is 19.7 Å². The summed E-state index contributed by atoms with van der Waals surface area (Å²) in [7, 11) is 0. The highest BCUT2D eigenvalue weighted by molar-refractivity contribution is 5.39. The average Bonchev–Trinajstić information content (AvgIpc) is 2.88. The van der Waals surface area contributed by atoms with Crippen molar-refractivity contribution in [1.29, 1.82) is 0 Å². The SMILES string of the molecule is Cc1cc(C)n(-c2cccc(CN3CCOc4ccc(CO)cc4C3)c2)n1. The van der Waals surface area contributed by atoms with Gasteiger partial charge in [-0.3, -0.25) is 4.90 Å². The molecule has 0 saturated carbocycles. The number of hydrogen-bond acceptors (Lipinski definition) is 4. The van der Waals surface area contributed by atoms with E-state index in [4.69, 9.17) is 4.74 Å². The van der Waals surface area contributed by atoms with Crippen LogP contribution in [0.15, 0.2) is 48.5 Å². The fraction of sp³-hybridized carbons (Fsp3) is 0.318. The Morgan fingerprint density at radius 1 is 1.07 bits per heavy atom. The molecule has 3 aromatic rings. The van der Waals surface area contributed by atoms with Crippen molar-refractivity contribution < 1.29 is 9.84 Å². The quantitative estimate of drug-likeness (QED) is 0.772. The standard InChI is InChI=1S/C22H25N3O2/c1-16-10-17(2)25(23-16)21-5-3-4-18(12-21)13-24-8-9-27-22-7-6-19(15-26)11-20(22)14-24/h3-7,10-12,26H,8-9,13-15H2,1-2H3. The van der Waals surface area contributed by atoms with Crippen LogP contribution in [0.3, 0.4) is 0 Å². The Morgan fingerprint density at radius 3 is 2.74 bits per heavy atom. The zero-order valence-electron chi connectivity index (χ0n) is 15.9. The smallest absolute Gasteiger partial charge is 0.123 e. The van der Waals surface area contributed by atoms with Crippen molar-refractivity contribution in [2.45, 2.75) is 33.5 Å². The number of aliphatic hydroxyl groups excluding tert-OH is 1. The van der Waals surface area contributed by atoms with Gasteiger partial charge in [-0.2, -0.15) is 5.10 Å². The van der Waals surface area contributed by atoms with E-state index in [0.29, 0.717) is 6.61 Å². The fourth-order valence-corrected chi connectivity index (χ4v) is 3.67. The highest BCUT2D eigenvalue weighted by atomic mass is 16.5. The molecule has 0 unspecified atom stereocenters. The normalized spacial score (nSPS) is 14.5. The van der Waals surface area contributed by atoms with Crippen LogP contribution in [-0.4, -0.2) is 32.9 Å². The summed E-state index contributed by atoms with van der Waals surface area (Å²) in [6.45, 7) is 7.34. The van der Waals surface area contributed by atoms with Crippen molar-refractivity contribution in [3.05, 3.63) is 76.6 Å². The zero-order valence-corrected chi connectivity index (χ0v) is 15.9. The highest BCUT2D eigenvalue weighted by Crippen LogP contribution is 2.25. The van der Waals surface area contributed by atoms with Crippen molar-refractivity contribution in [3.8, 4) is 11.4 Å². The number of aliphatic hydroxyl groups is 1. The zero-order chi connectivity index (χ0) is 18.8. The number of aryl methyl sites for hydroxylation is 2. The summed E-state index contributed by atoms with van der Waals surface area (Å²) in [4.78, 5) is 2.38. The van der Waals surface area contributed by atoms with Crippen molar-refractivity contribution in [2.75, 3.05) is 13.2 Å². The minimum Gasteiger partial charge on any atom is -0.492 e. The molecule has 0 radical (unpaired) electrons. The van der Waals surface area contributed by atoms with Crippen LogP contribution in [0.4, 0.5) is 0 Å². The number of nitrogens with zero attached hydrogens (tertiary/aromatic N) is 3. The van der Waals surface area contributed by atoms with Crippen molar-refractivity contribution in [3.63, 3.8) is 0 Å². The van der Waals surface area contributed by atoms with Gasteiger partial charge in [0.1, 0.15) is 12.4 Å². The van der Waals surface area contributed by atoms with Crippen LogP contribution >= 0.6 is 0 Å². The third kappa shape index (κ3) is 3.89. The topological polar surface area (TPSA) is 50.5 Å². The van der Waals surface area contributed by atoms with E-state index in [-0.39, 0.29) is 6.61 Å². The average molecular weight is 363 g/mol. The second kappa shape index (κ2) is 7.55. The van der Waals surface area contributed by atoms with Crippen molar-refractivity contribution >= 4 is 0 Å². The van der Waals surface area contributed by atoms with E-state index in [9.17, 15) is 5.11 Å². The molecule has 4 rings (SSSR count). The Kier molecular flexibility index (Phi) is 4.97. The number of rotatable bonds is 4. The van der Waals surface area contributed by atoms with Crippen LogP contribution in [0.25, 0.3) is 5.69 Å². The molecule has 2 aromatic carbocycles. The van der Waals surface area contributed by atoms with Gasteiger partial charge in [0.25, 0.3) is 0 Å². The highest BCUT2D eigenvalue weighted by Gasteiger charge is 2.16. The van der Waals surface area contributed by atoms with Crippen molar-refractivity contribution in [1.82, 2.24) is 14.7 Å². The molecular weight excluding hydrogens is 338 g/mol. The minimum absolute atomic E-state index is 0.0535. The number of aromatic nitrogens is 2. The van der Waals surface area contributed by atoms with Crippen LogP contribution in [0.5, 0.6) is 5.75 Å². The van der Waals surface area contributed by atoms with E-state index in [1.165, 1.54) is 5.56 Å². The molecule has 1 aromatic heterocycles. The Bertz CT molecular complexity index is 948. The lowest BCUT2D eigenvalue weighted by Crippen LogP contribution is -2.25. The summed E-state index contributed by atoms with van der Waals surface area (Å²) in [5.41, 5.74) is 6.56. The number of fused-ring (bicyclic) bond motifs is 1. The minimum atomic E-state index is 0.0535. The summed E-state index contributed by atoms with van der Waals surface area (Å²) in [6, 6.07) is 16.6. The van der Waals surface area contributed by atoms with Gasteiger partial charge in [-0.15, -0.1) is 0 Å². The molecule has 27 heavy (non-hydrogen) atoms. The van der Waals surface area contributed by atoms with Gasteiger partial charge in [-0.25, -0.2) is 4.68 Å². The maximum absolute atomic E-state index is 9.41. The third-order valence-corrected chi connectivity index (χ3v) is 4.94. The first-order valence-electron chi connectivity index (χ1n) is 9.33. The van der Waals surface area contributed by atoms with Gasteiger partial charge in [0.2, 0.25) is 0 Å². The largest absolute Gasteiger partial charge is 0.492 e. The van der Waals surface area contributed by atoms with Gasteiger partial charge < -0.3 is 9.84 Å². The van der Waals surface area contributed by atoms with Crippen LogP contribution in [0, 0.1) is 13.8 Å². The monoisotopic (exact) mass is 363 g/mol. The number of benzene rings is 2. The summed E-state index contributed by atoms with van der Waals surface area (Å²) in [5.74, 6) is 0.922. The van der Waals surface area contributed by atoms with E-state index >= 15 is 0 Å². The lowest BCUT2D eigenvalue weighted by molar-refractivity contribution is 0.219. The maximum Gasteiger partial charge on any atom is 0.123 e. The summed E-state index contributed by atoms with van der Waals surface area (Å²) < 4.78 is 7.88. The molecule has 0 bridgehead atoms. The second-order valence-corrected chi connectivity index (χ2v) is 7.17. The summed E-state index contributed by atoms with van der Waals surface area (Å²) in [6.07, 6.45) is 0. The Labute approximate surface area is 159 Å². The molecular formula is C22H25N3O2. The molecule has 1 aliphatic rings. The first kappa shape index (κ1) is 17.8. The van der Waals surface area contributed by atoms with Crippen LogP contribution in [0.1, 0.15) is 28.1 Å². The molecule has 1 aliphatic heterocycles. The summed E-state index contributed by atoms with van der Waals surface area (Å²) in [5, 5.41) is 14.0. The molecule has 2 heterocycles. The molecule has 0 fully saturated rings. The Hall–Kier alpha value is -2.63. The van der Waals surface area contributed by atoms with Gasteiger partial charge in [-0.1, -0.05) is 18.2 Å². The second-order valence-electron chi connectivity index (χ2n) is 7.17. The number of ether oxygens (including phenoxy) is 1. The van der Waals surface area contributed by atoms with E-state index in [1.807, 2.05) is 29.8 Å². The predicted molar refractivity (Wildman–Crippen MR) is 105 cm³/mol. The third-order valence-electron chi connectivity index (χ3n) is 4.94. The number of hydrogen-bond donors (Lipinski definition) is 1. The van der Waals surface area contributed by atoms with E-state index < -0.39 is 0 Å². The first-order chi connectivity index (χ1) is 13.1. The van der Waals surface area contributed by atoms with Gasteiger partial charge >= 0.3 is 0 Å². The molecule has 1 N–H and O–H groups in total. The van der Waals surface area contributed by atoms with Gasteiger partial charge in [0.05, 0.1) is 18.0 Å². The van der Waals surface area contributed by atoms with Crippen LogP contribution < -0.4 is 4.74 Å². The predicted octanol–water partition coefficient (Wildman–Crippen LogP) is 3.38. The molecule has 140 valence electrons. The first-order valence-corrected chi connectivity index (χ1v) is 9.33. The molecule has 0 aliphatic carbocycles.